The Labute approximate surface area is 148 Å². The Bertz CT molecular complexity index is 265. The molecule has 2 unspecified atom stereocenters. The van der Waals surface area contributed by atoms with E-state index >= 15 is 0 Å². The Hall–Kier alpha value is 0.430. The van der Waals surface area contributed by atoms with Crippen molar-refractivity contribution in [1.29, 1.82) is 0 Å². The van der Waals surface area contributed by atoms with E-state index in [9.17, 15) is 0 Å². The molecule has 136 valence electrons. The summed E-state index contributed by atoms with van der Waals surface area (Å²) in [6, 6.07) is 0. The van der Waals surface area contributed by atoms with Gasteiger partial charge in [-0.25, -0.2) is 0 Å². The molecule has 0 aromatic carbocycles. The molecule has 1 heteroatoms. The van der Waals surface area contributed by atoms with Crippen LogP contribution in [0.4, 0.5) is 0 Å². The molecule has 1 heterocycles. The zero-order valence-electron chi connectivity index (χ0n) is 16.0. The summed E-state index contributed by atoms with van der Waals surface area (Å²) < 4.78 is 0. The summed E-state index contributed by atoms with van der Waals surface area (Å²) in [7, 11) is 0.340. The summed E-state index contributed by atoms with van der Waals surface area (Å²) >= 11 is 0. The highest BCUT2D eigenvalue weighted by atomic mass is 31.1. The molecule has 2 fully saturated rings. The molecule has 1 saturated heterocycles. The molecule has 1 saturated carbocycles. The van der Waals surface area contributed by atoms with Crippen molar-refractivity contribution in [1.82, 2.24) is 0 Å². The first-order valence-corrected chi connectivity index (χ1v) is 12.9. The van der Waals surface area contributed by atoms with Crippen LogP contribution in [-0.4, -0.2) is 18.0 Å². The third kappa shape index (κ3) is 7.90. The molecule has 0 aromatic heterocycles. The van der Waals surface area contributed by atoms with Gasteiger partial charge in [0, 0.05) is 0 Å². The molecule has 0 aromatic rings. The Balaban J connectivity index is 1.98. The maximum Gasteiger partial charge on any atom is -0.0181 e. The van der Waals surface area contributed by atoms with E-state index in [0.29, 0.717) is 7.92 Å². The summed E-state index contributed by atoms with van der Waals surface area (Å²) in [6.45, 7) is 2.37. The van der Waals surface area contributed by atoms with Gasteiger partial charge in [0.25, 0.3) is 0 Å². The normalized spacial score (nSPS) is 29.6. The Morgan fingerprint density at radius 3 is 1.87 bits per heavy atom. The number of hydrogen-bond donors (Lipinski definition) is 0. The van der Waals surface area contributed by atoms with Gasteiger partial charge in [-0.2, -0.15) is 0 Å². The lowest BCUT2D eigenvalue weighted by atomic mass is 9.90. The predicted octanol–water partition coefficient (Wildman–Crippen LogP) is 8.13. The minimum absolute atomic E-state index is 0.340. The van der Waals surface area contributed by atoms with Crippen LogP contribution in [0.5, 0.6) is 0 Å². The van der Waals surface area contributed by atoms with E-state index in [0.717, 1.165) is 11.6 Å². The maximum atomic E-state index is 2.37. The van der Waals surface area contributed by atoms with Crippen molar-refractivity contribution >= 4 is 7.92 Å². The monoisotopic (exact) mass is 338 g/mol. The number of hydrogen-bond acceptors (Lipinski definition) is 0. The summed E-state index contributed by atoms with van der Waals surface area (Å²) in [4.78, 5) is 0. The molecular formula is C22H43P. The molecule has 0 bridgehead atoms. The minimum Gasteiger partial charge on any atom is -0.103 e. The average Bonchev–Trinajstić information content (AvgIpc) is 2.77. The second-order valence-electron chi connectivity index (χ2n) is 8.33. The zero-order chi connectivity index (χ0) is 16.2. The van der Waals surface area contributed by atoms with E-state index < -0.39 is 0 Å². The smallest absolute Gasteiger partial charge is 0.0181 e. The predicted molar refractivity (Wildman–Crippen MR) is 108 cm³/mol. The largest absolute Gasteiger partial charge is 0.103 e. The quantitative estimate of drug-likeness (QED) is 0.350. The first kappa shape index (κ1) is 19.8. The van der Waals surface area contributed by atoms with Gasteiger partial charge in [-0.05, 0) is 56.0 Å². The lowest BCUT2D eigenvalue weighted by Crippen LogP contribution is -2.22. The van der Waals surface area contributed by atoms with Crippen LogP contribution in [0.3, 0.4) is 0 Å². The van der Waals surface area contributed by atoms with Crippen molar-refractivity contribution < 1.29 is 0 Å². The van der Waals surface area contributed by atoms with Gasteiger partial charge in [0.2, 0.25) is 0 Å². The fourth-order valence-electron chi connectivity index (χ4n) is 4.97. The molecule has 0 spiro atoms. The highest BCUT2D eigenvalue weighted by molar-refractivity contribution is 7.58. The molecule has 0 radical (unpaired) electrons. The molecule has 0 nitrogen and oxygen atoms in total. The van der Waals surface area contributed by atoms with Crippen molar-refractivity contribution in [2.75, 3.05) is 12.3 Å². The van der Waals surface area contributed by atoms with Crippen LogP contribution in [0.2, 0.25) is 0 Å². The van der Waals surface area contributed by atoms with Gasteiger partial charge < -0.3 is 0 Å². The van der Waals surface area contributed by atoms with Gasteiger partial charge in [-0.1, -0.05) is 84.0 Å². The summed E-state index contributed by atoms with van der Waals surface area (Å²) in [6.07, 6.45) is 29.3. The fraction of sp³-hybridized carbons (Fsp3) is 1.00. The van der Waals surface area contributed by atoms with E-state index in [2.05, 4.69) is 6.92 Å². The summed E-state index contributed by atoms with van der Waals surface area (Å²) in [5.74, 6) is 1.11. The van der Waals surface area contributed by atoms with Crippen molar-refractivity contribution in [2.24, 2.45) is 5.92 Å². The second-order valence-corrected chi connectivity index (χ2v) is 11.1. The molecule has 23 heavy (non-hydrogen) atoms. The van der Waals surface area contributed by atoms with Crippen LogP contribution in [-0.2, 0) is 0 Å². The molecular weight excluding hydrogens is 295 g/mol. The Kier molecular flexibility index (Phi) is 10.9. The van der Waals surface area contributed by atoms with Crippen molar-refractivity contribution in [2.45, 2.75) is 122 Å². The van der Waals surface area contributed by atoms with Crippen LogP contribution < -0.4 is 0 Å². The highest BCUT2D eigenvalue weighted by Crippen LogP contribution is 2.51. The fourth-order valence-corrected chi connectivity index (χ4v) is 8.56. The average molecular weight is 339 g/mol. The molecule has 2 rings (SSSR count). The number of rotatable bonds is 5. The van der Waals surface area contributed by atoms with Gasteiger partial charge in [0.1, 0.15) is 0 Å². The van der Waals surface area contributed by atoms with E-state index in [1.807, 2.05) is 0 Å². The minimum atomic E-state index is 0.340. The summed E-state index contributed by atoms with van der Waals surface area (Å²) in [5.41, 5.74) is 1.15. The van der Waals surface area contributed by atoms with Gasteiger partial charge in [0.05, 0.1) is 0 Å². The molecule has 1 aliphatic heterocycles. The third-order valence-corrected chi connectivity index (χ3v) is 9.81. The zero-order valence-corrected chi connectivity index (χ0v) is 16.9. The first-order valence-electron chi connectivity index (χ1n) is 11.2. The van der Waals surface area contributed by atoms with Gasteiger partial charge in [-0.15, -0.1) is 7.92 Å². The number of unbranched alkanes of at least 4 members (excludes halogenated alkanes) is 2. The molecule has 2 atom stereocenters. The molecule has 2 aliphatic rings. The van der Waals surface area contributed by atoms with Crippen LogP contribution in [0.1, 0.15) is 116 Å². The standard InChI is InChI=1S/C22H43P/c1-2-3-14-19-23-20-15-10-6-9-13-18-22(23)21-16-11-7-4-5-8-12-17-21/h21-22H,2-20H2,1H3. The van der Waals surface area contributed by atoms with Crippen molar-refractivity contribution in [3.63, 3.8) is 0 Å². The van der Waals surface area contributed by atoms with Gasteiger partial charge >= 0.3 is 0 Å². The Morgan fingerprint density at radius 2 is 1.22 bits per heavy atom. The first-order chi connectivity index (χ1) is 11.4. The van der Waals surface area contributed by atoms with Crippen molar-refractivity contribution in [3.05, 3.63) is 0 Å². The SMILES string of the molecule is CCCCCP1CCCCCCCC1C1CCCCCCCC1. The maximum absolute atomic E-state index is 2.37. The Morgan fingerprint density at radius 1 is 0.652 bits per heavy atom. The summed E-state index contributed by atoms with van der Waals surface area (Å²) in [5, 5.41) is 0. The van der Waals surface area contributed by atoms with E-state index in [4.69, 9.17) is 0 Å². The lowest BCUT2D eigenvalue weighted by Gasteiger charge is -2.35. The molecule has 1 aliphatic carbocycles. The topological polar surface area (TPSA) is 0 Å². The van der Waals surface area contributed by atoms with E-state index in [1.165, 1.54) is 64.2 Å². The van der Waals surface area contributed by atoms with E-state index in [1.54, 1.807) is 57.3 Å². The van der Waals surface area contributed by atoms with Crippen molar-refractivity contribution in [3.8, 4) is 0 Å². The van der Waals surface area contributed by atoms with Crippen LogP contribution in [0, 0.1) is 5.92 Å². The second kappa shape index (κ2) is 12.7. The van der Waals surface area contributed by atoms with Gasteiger partial charge in [-0.3, -0.25) is 0 Å². The molecule has 0 N–H and O–H groups in total. The van der Waals surface area contributed by atoms with Gasteiger partial charge in [0.15, 0.2) is 0 Å². The van der Waals surface area contributed by atoms with Crippen LogP contribution in [0.15, 0.2) is 0 Å². The van der Waals surface area contributed by atoms with E-state index in [-0.39, 0.29) is 0 Å². The highest BCUT2D eigenvalue weighted by Gasteiger charge is 2.28. The van der Waals surface area contributed by atoms with Crippen LogP contribution >= 0.6 is 7.92 Å². The third-order valence-electron chi connectivity index (χ3n) is 6.41. The van der Waals surface area contributed by atoms with Crippen LogP contribution in [0.25, 0.3) is 0 Å². The molecule has 0 amide bonds. The lowest BCUT2D eigenvalue weighted by molar-refractivity contribution is 0.390.